The van der Waals surface area contributed by atoms with Gasteiger partial charge in [0.25, 0.3) is 0 Å². The number of benzene rings is 1. The molecule has 0 radical (unpaired) electrons. The molecule has 134 valence electrons. The third-order valence-electron chi connectivity index (χ3n) is 4.61. The van der Waals surface area contributed by atoms with E-state index < -0.39 is 0 Å². The smallest absolute Gasteiger partial charge is 0.220 e. The number of hydrogen-bond acceptors (Lipinski definition) is 3. The highest BCUT2D eigenvalue weighted by molar-refractivity contribution is 5.76. The maximum absolute atomic E-state index is 12.3. The topological polar surface area (TPSA) is 59.8 Å². The minimum Gasteiger partial charge on any atom is -0.350 e. The lowest BCUT2D eigenvalue weighted by Crippen LogP contribution is -2.27. The second-order valence-corrected chi connectivity index (χ2v) is 6.47. The number of nitrogens with zero attached hydrogens (tertiary/aromatic N) is 3. The van der Waals surface area contributed by atoms with Crippen LogP contribution in [0.5, 0.6) is 0 Å². The molecular formula is C21H24N4O. The molecule has 1 amide bonds. The average Bonchev–Trinajstić information content (AvgIpc) is 2.95. The van der Waals surface area contributed by atoms with E-state index in [2.05, 4.69) is 22.3 Å². The van der Waals surface area contributed by atoms with Gasteiger partial charge >= 0.3 is 0 Å². The summed E-state index contributed by atoms with van der Waals surface area (Å²) in [7, 11) is 0. The number of para-hydroxylation sites is 1. The van der Waals surface area contributed by atoms with Crippen LogP contribution in [0.2, 0.25) is 0 Å². The van der Waals surface area contributed by atoms with Crippen LogP contribution in [0, 0.1) is 13.8 Å². The maximum Gasteiger partial charge on any atom is 0.220 e. The van der Waals surface area contributed by atoms with Gasteiger partial charge in [-0.2, -0.15) is 5.10 Å². The fraction of sp³-hybridized carbons (Fsp3) is 0.286. The fourth-order valence-electron chi connectivity index (χ4n) is 3.13. The van der Waals surface area contributed by atoms with E-state index in [1.165, 1.54) is 0 Å². The van der Waals surface area contributed by atoms with E-state index in [1.807, 2.05) is 61.0 Å². The normalized spacial score (nSPS) is 12.0. The molecule has 0 fully saturated rings. The molecule has 1 N–H and O–H groups in total. The van der Waals surface area contributed by atoms with E-state index in [1.54, 1.807) is 12.4 Å². The predicted octanol–water partition coefficient (Wildman–Crippen LogP) is 3.69. The fourth-order valence-corrected chi connectivity index (χ4v) is 3.13. The number of aryl methyl sites for hydroxylation is 1. The van der Waals surface area contributed by atoms with Gasteiger partial charge in [-0.05, 0) is 56.5 Å². The van der Waals surface area contributed by atoms with Gasteiger partial charge in [0, 0.05) is 24.5 Å². The van der Waals surface area contributed by atoms with Crippen LogP contribution in [0.3, 0.4) is 0 Å². The number of pyridine rings is 1. The van der Waals surface area contributed by atoms with E-state index >= 15 is 0 Å². The molecule has 0 aliphatic heterocycles. The molecule has 1 unspecified atom stereocenters. The van der Waals surface area contributed by atoms with Crippen LogP contribution in [0.25, 0.3) is 5.69 Å². The van der Waals surface area contributed by atoms with Crippen molar-refractivity contribution in [3.63, 3.8) is 0 Å². The first-order valence-electron chi connectivity index (χ1n) is 8.86. The van der Waals surface area contributed by atoms with Crippen LogP contribution in [0.1, 0.15) is 41.9 Å². The molecule has 0 aliphatic carbocycles. The molecule has 1 aromatic carbocycles. The van der Waals surface area contributed by atoms with E-state index in [-0.39, 0.29) is 11.9 Å². The molecule has 3 aromatic rings. The van der Waals surface area contributed by atoms with Gasteiger partial charge in [0.1, 0.15) is 0 Å². The summed E-state index contributed by atoms with van der Waals surface area (Å²) in [6.07, 6.45) is 4.62. The zero-order valence-electron chi connectivity index (χ0n) is 15.4. The van der Waals surface area contributed by atoms with E-state index in [9.17, 15) is 4.79 Å². The monoisotopic (exact) mass is 348 g/mol. The molecular weight excluding hydrogens is 324 g/mol. The summed E-state index contributed by atoms with van der Waals surface area (Å²) in [5, 5.41) is 7.68. The Bertz CT molecular complexity index is 872. The Morgan fingerprint density at radius 2 is 1.92 bits per heavy atom. The Morgan fingerprint density at radius 1 is 1.15 bits per heavy atom. The van der Waals surface area contributed by atoms with Gasteiger partial charge in [0.05, 0.1) is 17.4 Å². The third kappa shape index (κ3) is 3.99. The second-order valence-electron chi connectivity index (χ2n) is 6.47. The van der Waals surface area contributed by atoms with Gasteiger partial charge in [-0.15, -0.1) is 0 Å². The zero-order valence-corrected chi connectivity index (χ0v) is 15.4. The van der Waals surface area contributed by atoms with Crippen LogP contribution in [-0.4, -0.2) is 20.7 Å². The highest BCUT2D eigenvalue weighted by Crippen LogP contribution is 2.19. The standard InChI is InChI=1S/C21H24N4O/c1-15(18-8-7-13-22-14-18)23-21(26)12-11-20-16(2)24-25(17(20)3)19-9-5-4-6-10-19/h4-10,13-15H,11-12H2,1-3H3,(H,23,26). The van der Waals surface area contributed by atoms with E-state index in [4.69, 9.17) is 0 Å². The number of amides is 1. The molecule has 5 heteroatoms. The Balaban J connectivity index is 1.65. The third-order valence-corrected chi connectivity index (χ3v) is 4.61. The molecule has 0 bridgehead atoms. The molecule has 0 spiro atoms. The summed E-state index contributed by atoms with van der Waals surface area (Å²) in [6.45, 7) is 6.02. The quantitative estimate of drug-likeness (QED) is 0.739. The summed E-state index contributed by atoms with van der Waals surface area (Å²) in [4.78, 5) is 16.4. The van der Waals surface area contributed by atoms with Crippen molar-refractivity contribution in [3.8, 4) is 5.69 Å². The zero-order chi connectivity index (χ0) is 18.5. The molecule has 0 saturated heterocycles. The number of carbonyl (C=O) groups excluding carboxylic acids is 1. The number of rotatable bonds is 6. The van der Waals surface area contributed by atoms with Crippen LogP contribution < -0.4 is 5.32 Å². The highest BCUT2D eigenvalue weighted by Gasteiger charge is 2.15. The van der Waals surface area contributed by atoms with Gasteiger partial charge in [-0.25, -0.2) is 4.68 Å². The molecule has 3 rings (SSSR count). The van der Waals surface area contributed by atoms with Crippen LogP contribution in [0.15, 0.2) is 54.9 Å². The van der Waals surface area contributed by atoms with E-state index in [0.29, 0.717) is 12.8 Å². The molecule has 2 heterocycles. The minimum atomic E-state index is -0.0505. The first-order chi connectivity index (χ1) is 12.6. The Labute approximate surface area is 154 Å². The predicted molar refractivity (Wildman–Crippen MR) is 102 cm³/mol. The van der Waals surface area contributed by atoms with Crippen molar-refractivity contribution in [2.45, 2.75) is 39.7 Å². The SMILES string of the molecule is Cc1nn(-c2ccccc2)c(C)c1CCC(=O)NC(C)c1cccnc1. The number of nitrogens with one attached hydrogen (secondary N) is 1. The van der Waals surface area contributed by atoms with Crippen molar-refractivity contribution in [2.24, 2.45) is 0 Å². The first kappa shape index (κ1) is 17.9. The Morgan fingerprint density at radius 3 is 2.62 bits per heavy atom. The molecule has 1 atom stereocenters. The van der Waals surface area contributed by atoms with Crippen LogP contribution in [0.4, 0.5) is 0 Å². The number of hydrogen-bond donors (Lipinski definition) is 1. The van der Waals surface area contributed by atoms with Gasteiger partial charge in [0.15, 0.2) is 0 Å². The Hall–Kier alpha value is -2.95. The largest absolute Gasteiger partial charge is 0.350 e. The summed E-state index contributed by atoms with van der Waals surface area (Å²) in [5.74, 6) is 0.0348. The number of aromatic nitrogens is 3. The van der Waals surface area contributed by atoms with Gasteiger partial charge in [0.2, 0.25) is 5.91 Å². The molecule has 0 aliphatic rings. The van der Waals surface area contributed by atoms with Crippen molar-refractivity contribution >= 4 is 5.91 Å². The average molecular weight is 348 g/mol. The second kappa shape index (κ2) is 7.95. The van der Waals surface area contributed by atoms with E-state index in [0.717, 1.165) is 28.2 Å². The maximum atomic E-state index is 12.3. The van der Waals surface area contributed by atoms with Crippen molar-refractivity contribution in [1.29, 1.82) is 0 Å². The molecule has 2 aromatic heterocycles. The van der Waals surface area contributed by atoms with Crippen molar-refractivity contribution < 1.29 is 4.79 Å². The minimum absolute atomic E-state index is 0.0348. The van der Waals surface area contributed by atoms with Gasteiger partial charge in [-0.3, -0.25) is 9.78 Å². The lowest BCUT2D eigenvalue weighted by molar-refractivity contribution is -0.121. The first-order valence-corrected chi connectivity index (χ1v) is 8.86. The molecule has 0 saturated carbocycles. The van der Waals surface area contributed by atoms with Crippen molar-refractivity contribution in [1.82, 2.24) is 20.1 Å². The van der Waals surface area contributed by atoms with Crippen LogP contribution in [-0.2, 0) is 11.2 Å². The summed E-state index contributed by atoms with van der Waals surface area (Å²) in [5.41, 5.74) is 5.23. The lowest BCUT2D eigenvalue weighted by atomic mass is 10.1. The van der Waals surface area contributed by atoms with Crippen molar-refractivity contribution in [2.75, 3.05) is 0 Å². The highest BCUT2D eigenvalue weighted by atomic mass is 16.1. The van der Waals surface area contributed by atoms with Crippen LogP contribution >= 0.6 is 0 Å². The van der Waals surface area contributed by atoms with Gasteiger partial charge in [-0.1, -0.05) is 24.3 Å². The van der Waals surface area contributed by atoms with Crippen molar-refractivity contribution in [3.05, 3.63) is 77.4 Å². The van der Waals surface area contributed by atoms with Gasteiger partial charge < -0.3 is 5.32 Å². The molecule has 5 nitrogen and oxygen atoms in total. The summed E-state index contributed by atoms with van der Waals surface area (Å²) in [6, 6.07) is 13.8. The molecule has 26 heavy (non-hydrogen) atoms. The summed E-state index contributed by atoms with van der Waals surface area (Å²) < 4.78 is 1.95. The number of carbonyl (C=O) groups is 1. The Kier molecular flexibility index (Phi) is 5.46. The lowest BCUT2D eigenvalue weighted by Gasteiger charge is -2.14. The summed E-state index contributed by atoms with van der Waals surface area (Å²) >= 11 is 0.